The third kappa shape index (κ3) is 5.44. The summed E-state index contributed by atoms with van der Waals surface area (Å²) in [5.74, 6) is 0.0723. The number of ether oxygens (including phenoxy) is 1. The molecule has 94 valence electrons. The van der Waals surface area contributed by atoms with Crippen LogP contribution in [0.2, 0.25) is 0 Å². The van der Waals surface area contributed by atoms with Gasteiger partial charge in [-0.1, -0.05) is 0 Å². The maximum absolute atomic E-state index is 11.7. The number of carbonyl (C=O) groups is 1. The number of amides is 1. The van der Waals surface area contributed by atoms with E-state index in [9.17, 15) is 4.79 Å². The highest BCUT2D eigenvalue weighted by atomic mass is 16.5. The number of rotatable bonds is 5. The lowest BCUT2D eigenvalue weighted by Crippen LogP contribution is -2.44. The van der Waals surface area contributed by atoms with Crippen molar-refractivity contribution in [1.82, 2.24) is 15.5 Å². The van der Waals surface area contributed by atoms with Crippen molar-refractivity contribution in [3.05, 3.63) is 0 Å². The van der Waals surface area contributed by atoms with Crippen LogP contribution in [0.5, 0.6) is 0 Å². The zero-order valence-corrected chi connectivity index (χ0v) is 10.5. The van der Waals surface area contributed by atoms with Crippen LogP contribution >= 0.6 is 0 Å². The second-order valence-corrected chi connectivity index (χ2v) is 4.63. The standard InChI is InChI=1S/C11H23N3O2/c1-9(8-14(2)3)13-11(15)6-10-7-12-4-5-16-10/h9-10,12H,4-8H2,1-3H3,(H,13,15). The fourth-order valence-corrected chi connectivity index (χ4v) is 1.88. The molecule has 16 heavy (non-hydrogen) atoms. The van der Waals surface area contributed by atoms with Crippen molar-refractivity contribution in [3.8, 4) is 0 Å². The van der Waals surface area contributed by atoms with Crippen molar-refractivity contribution in [3.63, 3.8) is 0 Å². The van der Waals surface area contributed by atoms with Gasteiger partial charge in [0.25, 0.3) is 0 Å². The summed E-state index contributed by atoms with van der Waals surface area (Å²) in [6, 6.07) is 0.180. The average Bonchev–Trinajstić information content (AvgIpc) is 2.17. The molecule has 0 aromatic heterocycles. The highest BCUT2D eigenvalue weighted by molar-refractivity contribution is 5.76. The van der Waals surface area contributed by atoms with Crippen LogP contribution < -0.4 is 10.6 Å². The predicted octanol–water partition coefficient (Wildman–Crippen LogP) is -0.569. The van der Waals surface area contributed by atoms with E-state index in [1.807, 2.05) is 21.0 Å². The Kier molecular flexibility index (Phi) is 5.73. The summed E-state index contributed by atoms with van der Waals surface area (Å²) in [7, 11) is 3.99. The number of hydrogen-bond donors (Lipinski definition) is 2. The van der Waals surface area contributed by atoms with E-state index in [-0.39, 0.29) is 18.1 Å². The summed E-state index contributed by atoms with van der Waals surface area (Å²) < 4.78 is 5.48. The fraction of sp³-hybridized carbons (Fsp3) is 0.909. The molecule has 0 radical (unpaired) electrons. The minimum atomic E-state index is 0.0281. The minimum absolute atomic E-state index is 0.0281. The molecule has 2 unspecified atom stereocenters. The maximum Gasteiger partial charge on any atom is 0.222 e. The van der Waals surface area contributed by atoms with Crippen molar-refractivity contribution in [2.45, 2.75) is 25.5 Å². The zero-order chi connectivity index (χ0) is 12.0. The molecule has 0 aliphatic carbocycles. The molecule has 0 saturated carbocycles. The number of nitrogens with one attached hydrogen (secondary N) is 2. The van der Waals surface area contributed by atoms with Gasteiger partial charge in [0.2, 0.25) is 5.91 Å². The molecule has 0 aromatic rings. The van der Waals surface area contributed by atoms with Crippen LogP contribution in [0.15, 0.2) is 0 Å². The van der Waals surface area contributed by atoms with Crippen molar-refractivity contribution < 1.29 is 9.53 Å². The molecular formula is C11H23N3O2. The summed E-state index contributed by atoms with van der Waals surface area (Å²) in [4.78, 5) is 13.7. The molecule has 1 amide bonds. The first kappa shape index (κ1) is 13.4. The van der Waals surface area contributed by atoms with E-state index in [1.54, 1.807) is 0 Å². The van der Waals surface area contributed by atoms with Gasteiger partial charge in [0.05, 0.1) is 19.1 Å². The van der Waals surface area contributed by atoms with Crippen molar-refractivity contribution >= 4 is 5.91 Å². The summed E-state index contributed by atoms with van der Waals surface area (Å²) in [6.45, 7) is 5.23. The Bertz CT molecular complexity index is 215. The molecule has 2 atom stereocenters. The van der Waals surface area contributed by atoms with Crippen LogP contribution in [-0.4, -0.2) is 63.3 Å². The van der Waals surface area contributed by atoms with Gasteiger partial charge in [-0.15, -0.1) is 0 Å². The quantitative estimate of drug-likeness (QED) is 0.663. The van der Waals surface area contributed by atoms with Crippen LogP contribution in [-0.2, 0) is 9.53 Å². The second kappa shape index (κ2) is 6.83. The largest absolute Gasteiger partial charge is 0.375 e. The van der Waals surface area contributed by atoms with Crippen molar-refractivity contribution in [1.29, 1.82) is 0 Å². The van der Waals surface area contributed by atoms with Crippen LogP contribution in [0.25, 0.3) is 0 Å². The maximum atomic E-state index is 11.7. The van der Waals surface area contributed by atoms with Gasteiger partial charge in [-0.25, -0.2) is 0 Å². The van der Waals surface area contributed by atoms with E-state index >= 15 is 0 Å². The van der Waals surface area contributed by atoms with Crippen LogP contribution in [0.1, 0.15) is 13.3 Å². The van der Waals surface area contributed by atoms with E-state index in [0.29, 0.717) is 13.0 Å². The van der Waals surface area contributed by atoms with Gasteiger partial charge in [-0.05, 0) is 21.0 Å². The molecule has 5 heteroatoms. The molecule has 0 aromatic carbocycles. The van der Waals surface area contributed by atoms with Crippen LogP contribution in [0.3, 0.4) is 0 Å². The summed E-state index contributed by atoms with van der Waals surface area (Å²) in [5.41, 5.74) is 0. The minimum Gasteiger partial charge on any atom is -0.375 e. The number of morpholine rings is 1. The zero-order valence-electron chi connectivity index (χ0n) is 10.5. The Morgan fingerprint density at radius 2 is 2.38 bits per heavy atom. The third-order valence-corrected chi connectivity index (χ3v) is 2.46. The third-order valence-electron chi connectivity index (χ3n) is 2.46. The first-order valence-corrected chi connectivity index (χ1v) is 5.84. The second-order valence-electron chi connectivity index (χ2n) is 4.63. The molecule has 0 spiro atoms. The smallest absolute Gasteiger partial charge is 0.222 e. The van der Waals surface area contributed by atoms with Crippen LogP contribution in [0, 0.1) is 0 Å². The van der Waals surface area contributed by atoms with E-state index in [4.69, 9.17) is 4.74 Å². The Hall–Kier alpha value is -0.650. The molecule has 1 rings (SSSR count). The number of likely N-dealkylation sites (N-methyl/N-ethyl adjacent to an activating group) is 1. The van der Waals surface area contributed by atoms with Gasteiger partial charge >= 0.3 is 0 Å². The van der Waals surface area contributed by atoms with Crippen LogP contribution in [0.4, 0.5) is 0 Å². The molecule has 0 bridgehead atoms. The average molecular weight is 229 g/mol. The molecule has 1 aliphatic heterocycles. The van der Waals surface area contributed by atoms with Crippen molar-refractivity contribution in [2.24, 2.45) is 0 Å². The lowest BCUT2D eigenvalue weighted by molar-refractivity contribution is -0.125. The first-order chi connectivity index (χ1) is 7.58. The number of hydrogen-bond acceptors (Lipinski definition) is 4. The fourth-order valence-electron chi connectivity index (χ4n) is 1.88. The van der Waals surface area contributed by atoms with E-state index in [2.05, 4.69) is 15.5 Å². The summed E-state index contributed by atoms with van der Waals surface area (Å²) >= 11 is 0. The van der Waals surface area contributed by atoms with Gasteiger partial charge < -0.3 is 20.3 Å². The van der Waals surface area contributed by atoms with E-state index in [0.717, 1.165) is 19.6 Å². The van der Waals surface area contributed by atoms with Gasteiger partial charge in [0.1, 0.15) is 0 Å². The Morgan fingerprint density at radius 1 is 1.62 bits per heavy atom. The monoisotopic (exact) mass is 229 g/mol. The Labute approximate surface area is 97.5 Å². The van der Waals surface area contributed by atoms with Gasteiger partial charge in [0.15, 0.2) is 0 Å². The normalized spacial score (nSPS) is 23.1. The molecule has 5 nitrogen and oxygen atoms in total. The lowest BCUT2D eigenvalue weighted by Gasteiger charge is -2.24. The number of nitrogens with zero attached hydrogens (tertiary/aromatic N) is 1. The SMILES string of the molecule is CC(CN(C)C)NC(=O)CC1CNCCO1. The van der Waals surface area contributed by atoms with E-state index in [1.165, 1.54) is 0 Å². The highest BCUT2D eigenvalue weighted by Crippen LogP contribution is 2.01. The van der Waals surface area contributed by atoms with Crippen molar-refractivity contribution in [2.75, 3.05) is 40.3 Å². The summed E-state index contributed by atoms with van der Waals surface area (Å²) in [5, 5.41) is 6.18. The molecule has 1 aliphatic rings. The predicted molar refractivity (Wildman–Crippen MR) is 63.4 cm³/mol. The van der Waals surface area contributed by atoms with Gasteiger partial charge in [-0.3, -0.25) is 4.79 Å². The Morgan fingerprint density at radius 3 is 2.94 bits per heavy atom. The van der Waals surface area contributed by atoms with E-state index < -0.39 is 0 Å². The molecule has 1 heterocycles. The number of carbonyl (C=O) groups excluding carboxylic acids is 1. The molecular weight excluding hydrogens is 206 g/mol. The topological polar surface area (TPSA) is 53.6 Å². The first-order valence-electron chi connectivity index (χ1n) is 5.84. The Balaban J connectivity index is 2.18. The molecule has 1 fully saturated rings. The molecule has 2 N–H and O–H groups in total. The van der Waals surface area contributed by atoms with Gasteiger partial charge in [-0.2, -0.15) is 0 Å². The molecule has 1 saturated heterocycles. The lowest BCUT2D eigenvalue weighted by atomic mass is 10.2. The van der Waals surface area contributed by atoms with Gasteiger partial charge in [0, 0.05) is 25.7 Å². The highest BCUT2D eigenvalue weighted by Gasteiger charge is 2.18. The summed E-state index contributed by atoms with van der Waals surface area (Å²) in [6.07, 6.45) is 0.477.